The molecule has 2 aromatic carbocycles. The largest absolute Gasteiger partial charge is 0.497 e. The second kappa shape index (κ2) is 9.75. The summed E-state index contributed by atoms with van der Waals surface area (Å²) in [4.78, 5) is 24.3. The average molecular weight is 383 g/mol. The molecular formula is C21H25N3O4. The van der Waals surface area contributed by atoms with Crippen LogP contribution in [-0.2, 0) is 9.53 Å². The quantitative estimate of drug-likeness (QED) is 0.652. The topological polar surface area (TPSA) is 88.7 Å². The van der Waals surface area contributed by atoms with Crippen molar-refractivity contribution in [3.8, 4) is 5.75 Å². The van der Waals surface area contributed by atoms with Crippen molar-refractivity contribution in [2.45, 2.75) is 18.9 Å². The summed E-state index contributed by atoms with van der Waals surface area (Å²) in [5.74, 6) is 0.441. The number of methoxy groups -OCH3 is 1. The smallest absolute Gasteiger partial charge is 0.251 e. The van der Waals surface area contributed by atoms with Crippen LogP contribution >= 0.6 is 0 Å². The van der Waals surface area contributed by atoms with E-state index in [4.69, 9.17) is 9.47 Å². The number of ether oxygens (including phenoxy) is 2. The predicted molar refractivity (Wildman–Crippen MR) is 108 cm³/mol. The van der Waals surface area contributed by atoms with Gasteiger partial charge in [-0.3, -0.25) is 9.59 Å². The summed E-state index contributed by atoms with van der Waals surface area (Å²) in [5.41, 5.74) is 2.01. The van der Waals surface area contributed by atoms with E-state index in [1.807, 2.05) is 24.3 Å². The first-order valence-corrected chi connectivity index (χ1v) is 9.31. The van der Waals surface area contributed by atoms with Crippen LogP contribution in [0.15, 0.2) is 48.5 Å². The molecule has 0 aliphatic carbocycles. The van der Waals surface area contributed by atoms with Crippen LogP contribution < -0.4 is 20.7 Å². The molecule has 3 N–H and O–H groups in total. The predicted octanol–water partition coefficient (Wildman–Crippen LogP) is 2.65. The summed E-state index contributed by atoms with van der Waals surface area (Å²) in [6, 6.07) is 14.1. The Balaban J connectivity index is 1.43. The van der Waals surface area contributed by atoms with Crippen molar-refractivity contribution in [3.05, 3.63) is 54.1 Å². The highest BCUT2D eigenvalue weighted by Crippen LogP contribution is 2.15. The molecule has 1 aliphatic rings. The standard InChI is InChI=1S/C21H25N3O4/c1-27-18-10-8-16(9-11-18)22-14-20(25)24-17-6-4-15(5-7-17)21(26)23-13-19-3-2-12-28-19/h4-11,19,22H,2-3,12-14H2,1H3,(H,23,26)(H,24,25). The normalized spacial score (nSPS) is 15.7. The third-order valence-electron chi connectivity index (χ3n) is 4.49. The molecule has 0 saturated carbocycles. The Hall–Kier alpha value is -3.06. The van der Waals surface area contributed by atoms with E-state index in [2.05, 4.69) is 16.0 Å². The summed E-state index contributed by atoms with van der Waals surface area (Å²) >= 11 is 0. The summed E-state index contributed by atoms with van der Waals surface area (Å²) in [7, 11) is 1.61. The molecule has 28 heavy (non-hydrogen) atoms. The van der Waals surface area contributed by atoms with Crippen LogP contribution in [0.3, 0.4) is 0 Å². The van der Waals surface area contributed by atoms with Gasteiger partial charge in [0.25, 0.3) is 5.91 Å². The zero-order chi connectivity index (χ0) is 19.8. The Bertz CT molecular complexity index is 784. The van der Waals surface area contributed by atoms with E-state index in [0.29, 0.717) is 17.8 Å². The highest BCUT2D eigenvalue weighted by atomic mass is 16.5. The Kier molecular flexibility index (Phi) is 6.86. The van der Waals surface area contributed by atoms with Gasteiger partial charge < -0.3 is 25.4 Å². The minimum atomic E-state index is -0.175. The van der Waals surface area contributed by atoms with Gasteiger partial charge in [0.2, 0.25) is 5.91 Å². The molecule has 1 heterocycles. The van der Waals surface area contributed by atoms with Gasteiger partial charge in [-0.25, -0.2) is 0 Å². The zero-order valence-electron chi connectivity index (χ0n) is 15.9. The van der Waals surface area contributed by atoms with E-state index >= 15 is 0 Å². The number of rotatable bonds is 8. The van der Waals surface area contributed by atoms with Crippen LogP contribution in [0.4, 0.5) is 11.4 Å². The fourth-order valence-corrected chi connectivity index (χ4v) is 2.92. The minimum absolute atomic E-state index is 0.112. The molecule has 2 amide bonds. The third-order valence-corrected chi connectivity index (χ3v) is 4.49. The summed E-state index contributed by atoms with van der Waals surface area (Å²) in [6.07, 6.45) is 2.14. The van der Waals surface area contributed by atoms with Gasteiger partial charge in [0.15, 0.2) is 0 Å². The maximum atomic E-state index is 12.2. The van der Waals surface area contributed by atoms with Gasteiger partial charge in [-0.15, -0.1) is 0 Å². The van der Waals surface area contributed by atoms with Crippen LogP contribution in [0.25, 0.3) is 0 Å². The van der Waals surface area contributed by atoms with Crippen molar-refractivity contribution in [2.24, 2.45) is 0 Å². The van der Waals surface area contributed by atoms with Crippen molar-refractivity contribution in [1.82, 2.24) is 5.32 Å². The molecule has 0 radical (unpaired) electrons. The lowest BCUT2D eigenvalue weighted by Gasteiger charge is -2.11. The number of carbonyl (C=O) groups is 2. The number of hydrogen-bond donors (Lipinski definition) is 3. The first kappa shape index (κ1) is 19.7. The fourth-order valence-electron chi connectivity index (χ4n) is 2.92. The lowest BCUT2D eigenvalue weighted by molar-refractivity contribution is -0.114. The maximum absolute atomic E-state index is 12.2. The van der Waals surface area contributed by atoms with Gasteiger partial charge in [0.1, 0.15) is 5.75 Å². The van der Waals surface area contributed by atoms with E-state index in [1.54, 1.807) is 31.4 Å². The van der Waals surface area contributed by atoms with Crippen LogP contribution in [0, 0.1) is 0 Å². The van der Waals surface area contributed by atoms with Crippen LogP contribution in [0.2, 0.25) is 0 Å². The van der Waals surface area contributed by atoms with Gasteiger partial charge in [-0.1, -0.05) is 0 Å². The maximum Gasteiger partial charge on any atom is 0.251 e. The van der Waals surface area contributed by atoms with Gasteiger partial charge >= 0.3 is 0 Å². The molecule has 7 nitrogen and oxygen atoms in total. The summed E-state index contributed by atoms with van der Waals surface area (Å²) in [6.45, 7) is 1.42. The summed E-state index contributed by atoms with van der Waals surface area (Å²) in [5, 5.41) is 8.72. The molecule has 1 aliphatic heterocycles. The van der Waals surface area contributed by atoms with Crippen molar-refractivity contribution in [2.75, 3.05) is 37.4 Å². The molecule has 1 atom stereocenters. The van der Waals surface area contributed by atoms with Gasteiger partial charge in [0.05, 0.1) is 19.8 Å². The molecule has 3 rings (SSSR count). The lowest BCUT2D eigenvalue weighted by Crippen LogP contribution is -2.31. The number of nitrogens with one attached hydrogen (secondary N) is 3. The molecular weight excluding hydrogens is 358 g/mol. The van der Waals surface area contributed by atoms with E-state index in [1.165, 1.54) is 0 Å². The zero-order valence-corrected chi connectivity index (χ0v) is 15.9. The average Bonchev–Trinajstić information content (AvgIpc) is 3.25. The van der Waals surface area contributed by atoms with Gasteiger partial charge in [-0.05, 0) is 61.4 Å². The van der Waals surface area contributed by atoms with Crippen molar-refractivity contribution in [1.29, 1.82) is 0 Å². The molecule has 0 bridgehead atoms. The molecule has 148 valence electrons. The Morgan fingerprint density at radius 3 is 2.43 bits per heavy atom. The van der Waals surface area contributed by atoms with Crippen LogP contribution in [0.1, 0.15) is 23.2 Å². The molecule has 0 spiro atoms. The SMILES string of the molecule is COc1ccc(NCC(=O)Nc2ccc(C(=O)NCC3CCCO3)cc2)cc1. The first-order valence-electron chi connectivity index (χ1n) is 9.31. The van der Waals surface area contributed by atoms with E-state index in [0.717, 1.165) is 30.9 Å². The van der Waals surface area contributed by atoms with Gasteiger partial charge in [-0.2, -0.15) is 0 Å². The number of amides is 2. The summed E-state index contributed by atoms with van der Waals surface area (Å²) < 4.78 is 10.6. The third kappa shape index (κ3) is 5.72. The second-order valence-electron chi connectivity index (χ2n) is 6.55. The molecule has 0 aromatic heterocycles. The van der Waals surface area contributed by atoms with E-state index < -0.39 is 0 Å². The number of anilines is 2. The van der Waals surface area contributed by atoms with Gasteiger partial charge in [0, 0.05) is 30.1 Å². The number of carbonyl (C=O) groups excluding carboxylic acids is 2. The molecule has 1 unspecified atom stereocenters. The van der Waals surface area contributed by atoms with Crippen molar-refractivity contribution in [3.63, 3.8) is 0 Å². The van der Waals surface area contributed by atoms with E-state index in [-0.39, 0.29) is 24.5 Å². The van der Waals surface area contributed by atoms with Crippen molar-refractivity contribution >= 4 is 23.2 Å². The monoisotopic (exact) mass is 383 g/mol. The fraction of sp³-hybridized carbons (Fsp3) is 0.333. The van der Waals surface area contributed by atoms with Crippen molar-refractivity contribution < 1.29 is 19.1 Å². The Morgan fingerprint density at radius 2 is 1.79 bits per heavy atom. The molecule has 2 aromatic rings. The van der Waals surface area contributed by atoms with E-state index in [9.17, 15) is 9.59 Å². The highest BCUT2D eigenvalue weighted by Gasteiger charge is 2.16. The van der Waals surface area contributed by atoms with Crippen LogP contribution in [0.5, 0.6) is 5.75 Å². The highest BCUT2D eigenvalue weighted by molar-refractivity contribution is 5.96. The first-order chi connectivity index (χ1) is 13.6. The Labute approximate surface area is 164 Å². The number of benzene rings is 2. The van der Waals surface area contributed by atoms with Crippen LogP contribution in [-0.4, -0.2) is 44.7 Å². The molecule has 7 heteroatoms. The number of hydrogen-bond acceptors (Lipinski definition) is 5. The minimum Gasteiger partial charge on any atom is -0.497 e. The second-order valence-corrected chi connectivity index (χ2v) is 6.55. The molecule has 1 fully saturated rings. The Morgan fingerprint density at radius 1 is 1.07 bits per heavy atom. The molecule has 1 saturated heterocycles. The lowest BCUT2D eigenvalue weighted by atomic mass is 10.2.